The average Bonchev–Trinajstić information content (AvgIpc) is 3.33. The summed E-state index contributed by atoms with van der Waals surface area (Å²) < 4.78 is 11.7. The first-order valence-electron chi connectivity index (χ1n) is 10.9. The van der Waals surface area contributed by atoms with E-state index < -0.39 is 23.6 Å². The minimum Gasteiger partial charge on any atom is -0.463 e. The average molecular weight is 449 g/mol. The Labute approximate surface area is 193 Å². The third kappa shape index (κ3) is 4.55. The number of imide groups is 1. The number of amides is 3. The van der Waals surface area contributed by atoms with Gasteiger partial charge in [-0.05, 0) is 49.6 Å². The second-order valence-electron chi connectivity index (χ2n) is 8.52. The molecule has 1 aliphatic rings. The van der Waals surface area contributed by atoms with Crippen molar-refractivity contribution in [2.45, 2.75) is 38.5 Å². The van der Waals surface area contributed by atoms with Crippen molar-refractivity contribution in [3.63, 3.8) is 0 Å². The molecule has 2 aromatic carbocycles. The van der Waals surface area contributed by atoms with Crippen molar-refractivity contribution >= 4 is 11.9 Å². The number of nitrogens with one attached hydrogen (secondary N) is 1. The Kier molecular flexibility index (Phi) is 6.35. The van der Waals surface area contributed by atoms with Gasteiger partial charge in [-0.2, -0.15) is 0 Å². The first-order valence-corrected chi connectivity index (χ1v) is 10.9. The molecule has 1 fully saturated rings. The number of rotatable bonds is 8. The summed E-state index contributed by atoms with van der Waals surface area (Å²) in [5.41, 5.74) is 1.71. The second kappa shape index (κ2) is 9.21. The Bertz CT molecular complexity index is 1140. The van der Waals surface area contributed by atoms with Gasteiger partial charge in [0.25, 0.3) is 5.91 Å². The molecular weight excluding hydrogens is 420 g/mol. The topological polar surface area (TPSA) is 92.0 Å². The number of β-amino-alcohol motifs (C(OH)–C–C–N with tert-alkyl or cyclic N) is 1. The number of benzene rings is 2. The molecular formula is C26H28N2O5. The quantitative estimate of drug-likeness (QED) is 0.511. The summed E-state index contributed by atoms with van der Waals surface area (Å²) in [6.45, 7) is 5.13. The molecule has 1 aromatic heterocycles. The lowest BCUT2D eigenvalue weighted by Gasteiger charge is -2.24. The Morgan fingerprint density at radius 1 is 1.03 bits per heavy atom. The van der Waals surface area contributed by atoms with Gasteiger partial charge in [0, 0.05) is 0 Å². The molecule has 3 atom stereocenters. The van der Waals surface area contributed by atoms with Crippen molar-refractivity contribution in [3.8, 4) is 0 Å². The fourth-order valence-corrected chi connectivity index (χ4v) is 4.08. The molecule has 1 saturated heterocycles. The monoisotopic (exact) mass is 448 g/mol. The maximum Gasteiger partial charge on any atom is 0.325 e. The minimum atomic E-state index is -1.31. The molecule has 1 aliphatic heterocycles. The molecule has 0 aliphatic carbocycles. The number of aliphatic hydroxyl groups is 1. The zero-order valence-corrected chi connectivity index (χ0v) is 18.9. The van der Waals surface area contributed by atoms with E-state index in [1.165, 1.54) is 0 Å². The predicted octanol–water partition coefficient (Wildman–Crippen LogP) is 3.83. The van der Waals surface area contributed by atoms with Gasteiger partial charge < -0.3 is 19.6 Å². The van der Waals surface area contributed by atoms with Crippen molar-refractivity contribution in [3.05, 3.63) is 94.9 Å². The molecule has 2 heterocycles. The highest BCUT2D eigenvalue weighted by Crippen LogP contribution is 2.31. The number of hydrogen-bond donors (Lipinski definition) is 2. The minimum absolute atomic E-state index is 0.0540. The van der Waals surface area contributed by atoms with Crippen LogP contribution in [0.15, 0.2) is 71.1 Å². The number of urea groups is 1. The number of furan rings is 1. The van der Waals surface area contributed by atoms with Crippen LogP contribution in [0.25, 0.3) is 0 Å². The largest absolute Gasteiger partial charge is 0.463 e. The van der Waals surface area contributed by atoms with Gasteiger partial charge in [0.2, 0.25) is 0 Å². The van der Waals surface area contributed by atoms with Crippen LogP contribution in [0, 0.1) is 13.8 Å². The number of hydrogen-bond acceptors (Lipinski definition) is 5. The molecule has 3 amide bonds. The molecule has 0 spiro atoms. The lowest BCUT2D eigenvalue weighted by molar-refractivity contribution is -0.133. The Morgan fingerprint density at radius 3 is 2.39 bits per heavy atom. The van der Waals surface area contributed by atoms with Crippen LogP contribution in [0.5, 0.6) is 0 Å². The number of ether oxygens (including phenoxy) is 1. The molecule has 2 N–H and O–H groups in total. The van der Waals surface area contributed by atoms with Gasteiger partial charge in [0.05, 0.1) is 19.3 Å². The zero-order valence-electron chi connectivity index (χ0n) is 18.9. The van der Waals surface area contributed by atoms with Gasteiger partial charge >= 0.3 is 6.03 Å². The molecule has 7 heteroatoms. The van der Waals surface area contributed by atoms with Crippen LogP contribution in [0.3, 0.4) is 0 Å². The molecule has 0 bridgehead atoms. The highest BCUT2D eigenvalue weighted by molar-refractivity contribution is 6.06. The number of carbonyl (C=O) groups excluding carboxylic acids is 2. The summed E-state index contributed by atoms with van der Waals surface area (Å²) in [6.07, 6.45) is -1.45. The molecule has 3 unspecified atom stereocenters. The van der Waals surface area contributed by atoms with E-state index >= 15 is 0 Å². The first-order chi connectivity index (χ1) is 15.8. The summed E-state index contributed by atoms with van der Waals surface area (Å²) in [7, 11) is 0. The van der Waals surface area contributed by atoms with E-state index in [2.05, 4.69) is 5.32 Å². The molecule has 172 valence electrons. The summed E-state index contributed by atoms with van der Waals surface area (Å²) in [5, 5.41) is 13.4. The summed E-state index contributed by atoms with van der Waals surface area (Å²) in [5.74, 6) is 0.526. The molecule has 4 rings (SSSR count). The number of aryl methyl sites for hydroxylation is 2. The molecule has 7 nitrogen and oxygen atoms in total. The van der Waals surface area contributed by atoms with Crippen molar-refractivity contribution < 1.29 is 23.8 Å². The predicted molar refractivity (Wildman–Crippen MR) is 122 cm³/mol. The number of carbonyl (C=O) groups is 2. The van der Waals surface area contributed by atoms with Crippen LogP contribution in [0.1, 0.15) is 41.2 Å². The van der Waals surface area contributed by atoms with Gasteiger partial charge in [0.15, 0.2) is 5.54 Å². The van der Waals surface area contributed by atoms with E-state index in [1.54, 1.807) is 26.0 Å². The van der Waals surface area contributed by atoms with E-state index in [-0.39, 0.29) is 19.3 Å². The number of aliphatic hydroxyl groups excluding tert-OH is 1. The second-order valence-corrected chi connectivity index (χ2v) is 8.52. The molecule has 0 radical (unpaired) electrons. The normalized spacial score (nSPS) is 20.1. The van der Waals surface area contributed by atoms with Gasteiger partial charge in [-0.1, -0.05) is 54.6 Å². The van der Waals surface area contributed by atoms with Crippen molar-refractivity contribution in [1.82, 2.24) is 10.2 Å². The van der Waals surface area contributed by atoms with E-state index in [4.69, 9.17) is 9.15 Å². The summed E-state index contributed by atoms with van der Waals surface area (Å²) in [4.78, 5) is 26.6. The smallest absolute Gasteiger partial charge is 0.325 e. The maximum absolute atomic E-state index is 13.0. The van der Waals surface area contributed by atoms with E-state index in [0.717, 1.165) is 21.6 Å². The Hall–Kier alpha value is -3.42. The molecule has 3 aromatic rings. The van der Waals surface area contributed by atoms with Crippen molar-refractivity contribution in [1.29, 1.82) is 0 Å². The van der Waals surface area contributed by atoms with E-state index in [9.17, 15) is 14.7 Å². The summed E-state index contributed by atoms with van der Waals surface area (Å²) in [6, 6.07) is 20.5. The van der Waals surface area contributed by atoms with Crippen molar-refractivity contribution in [2.75, 3.05) is 13.2 Å². The van der Waals surface area contributed by atoms with Crippen LogP contribution < -0.4 is 5.32 Å². The van der Waals surface area contributed by atoms with Crippen LogP contribution in [0.4, 0.5) is 4.79 Å². The summed E-state index contributed by atoms with van der Waals surface area (Å²) >= 11 is 0. The molecule has 0 saturated carbocycles. The number of nitrogens with zero attached hydrogens (tertiary/aromatic N) is 1. The highest BCUT2D eigenvalue weighted by atomic mass is 16.5. The van der Waals surface area contributed by atoms with Crippen molar-refractivity contribution in [2.24, 2.45) is 0 Å². The first kappa shape index (κ1) is 22.8. The van der Waals surface area contributed by atoms with Crippen LogP contribution in [-0.4, -0.2) is 41.2 Å². The van der Waals surface area contributed by atoms with Gasteiger partial charge in [-0.3, -0.25) is 9.69 Å². The van der Waals surface area contributed by atoms with Gasteiger partial charge in [-0.25, -0.2) is 4.79 Å². The van der Waals surface area contributed by atoms with Gasteiger partial charge in [-0.15, -0.1) is 0 Å². The maximum atomic E-state index is 13.0. The van der Waals surface area contributed by atoms with Gasteiger partial charge in [0.1, 0.15) is 17.6 Å². The Morgan fingerprint density at radius 2 is 1.73 bits per heavy atom. The fraction of sp³-hybridized carbons (Fsp3) is 0.308. The third-order valence-electron chi connectivity index (χ3n) is 5.93. The van der Waals surface area contributed by atoms with Crippen LogP contribution in [-0.2, 0) is 15.1 Å². The molecule has 33 heavy (non-hydrogen) atoms. The van der Waals surface area contributed by atoms with E-state index in [1.807, 2.05) is 61.5 Å². The van der Waals surface area contributed by atoms with Crippen LogP contribution in [0.2, 0.25) is 0 Å². The zero-order chi connectivity index (χ0) is 23.6. The third-order valence-corrected chi connectivity index (χ3v) is 5.93. The standard InChI is InChI=1S/C26H28N2O5/c1-17-9-7-8-12-21(17)23(19-10-5-4-6-11-19)32-16-20(29)15-28-24(30)26(3,27-25(28)31)22-14-13-18(2)33-22/h4-14,20,23,29H,15-16H2,1-3H3,(H,27,31). The highest BCUT2D eigenvalue weighted by Gasteiger charge is 2.51. The SMILES string of the molecule is Cc1ccc(C2(C)NC(=O)N(CC(O)COC(c3ccccc3)c3ccccc3C)C2=O)o1. The van der Waals surface area contributed by atoms with E-state index in [0.29, 0.717) is 11.5 Å². The fourth-order valence-electron chi connectivity index (χ4n) is 4.08. The Balaban J connectivity index is 1.46. The lowest BCUT2D eigenvalue weighted by atomic mass is 9.97. The van der Waals surface area contributed by atoms with Crippen LogP contribution >= 0.6 is 0 Å². The lowest BCUT2D eigenvalue weighted by Crippen LogP contribution is -2.42.